The Bertz CT molecular complexity index is 153. The molecule has 0 bridgehead atoms. The van der Waals surface area contributed by atoms with Gasteiger partial charge in [-0.15, -0.1) is 0 Å². The summed E-state index contributed by atoms with van der Waals surface area (Å²) < 4.78 is 10.3. The topological polar surface area (TPSA) is 18.5 Å². The minimum Gasteiger partial charge on any atom is -0.382 e. The zero-order chi connectivity index (χ0) is 8.16. The van der Waals surface area contributed by atoms with E-state index in [4.69, 9.17) is 15.9 Å². The smallest absolute Gasteiger partial charge is 0.129 e. The fourth-order valence-corrected chi connectivity index (χ4v) is 1.12. The van der Waals surface area contributed by atoms with E-state index in [0.29, 0.717) is 13.2 Å². The van der Waals surface area contributed by atoms with Crippen LogP contribution in [0.1, 0.15) is 19.3 Å². The second kappa shape index (κ2) is 3.75. The molecule has 11 heavy (non-hydrogen) atoms. The van der Waals surface area contributed by atoms with Crippen LogP contribution in [0.25, 0.3) is 0 Å². The highest BCUT2D eigenvalue weighted by molar-refractivity contribution is 5.10. The molecule has 0 unspecified atom stereocenters. The molecule has 0 heterocycles. The lowest BCUT2D eigenvalue weighted by atomic mass is 9.81. The predicted octanol–water partition coefficient (Wildman–Crippen LogP) is 1.16. The highest BCUT2D eigenvalue weighted by Crippen LogP contribution is 2.34. The lowest BCUT2D eigenvalue weighted by Gasteiger charge is -2.36. The van der Waals surface area contributed by atoms with Gasteiger partial charge in [-0.2, -0.15) is 0 Å². The average molecular weight is 153 g/mol. The normalized spacial score (nSPS) is 20.4. The molecule has 1 saturated carbocycles. The van der Waals surface area contributed by atoms with Crippen molar-refractivity contribution in [3.63, 3.8) is 0 Å². The SMILES string of the molecule is [C]#CC1(OCCOC)CCC1. The maximum absolute atomic E-state index is 7.03. The summed E-state index contributed by atoms with van der Waals surface area (Å²) in [5.41, 5.74) is -0.349. The monoisotopic (exact) mass is 153 g/mol. The Kier molecular flexibility index (Phi) is 2.92. The van der Waals surface area contributed by atoms with Gasteiger partial charge in [0.05, 0.1) is 13.2 Å². The van der Waals surface area contributed by atoms with Gasteiger partial charge in [0.2, 0.25) is 0 Å². The van der Waals surface area contributed by atoms with Gasteiger partial charge in [-0.25, -0.2) is 0 Å². The van der Waals surface area contributed by atoms with Crippen molar-refractivity contribution in [1.82, 2.24) is 0 Å². The van der Waals surface area contributed by atoms with Crippen molar-refractivity contribution in [1.29, 1.82) is 0 Å². The van der Waals surface area contributed by atoms with E-state index in [0.717, 1.165) is 19.3 Å². The molecule has 2 heteroatoms. The van der Waals surface area contributed by atoms with Crippen LogP contribution in [0.5, 0.6) is 0 Å². The molecule has 0 saturated heterocycles. The van der Waals surface area contributed by atoms with E-state index in [1.165, 1.54) is 0 Å². The van der Waals surface area contributed by atoms with Crippen LogP contribution < -0.4 is 0 Å². The molecule has 0 aliphatic heterocycles. The third kappa shape index (κ3) is 1.95. The summed E-state index contributed by atoms with van der Waals surface area (Å²) >= 11 is 0. The fraction of sp³-hybridized carbons (Fsp3) is 0.778. The minimum atomic E-state index is -0.349. The minimum absolute atomic E-state index is 0.349. The number of ether oxygens (including phenoxy) is 2. The Balaban J connectivity index is 2.18. The molecule has 1 radical (unpaired) electrons. The van der Waals surface area contributed by atoms with E-state index in [-0.39, 0.29) is 5.60 Å². The maximum Gasteiger partial charge on any atom is 0.129 e. The van der Waals surface area contributed by atoms with Gasteiger partial charge < -0.3 is 9.47 Å². The zero-order valence-corrected chi connectivity index (χ0v) is 6.85. The Morgan fingerprint density at radius 1 is 1.45 bits per heavy atom. The van der Waals surface area contributed by atoms with E-state index in [2.05, 4.69) is 5.92 Å². The Labute approximate surface area is 67.9 Å². The first-order valence-electron chi connectivity index (χ1n) is 3.90. The molecule has 0 N–H and O–H groups in total. The number of hydrogen-bond acceptors (Lipinski definition) is 2. The van der Waals surface area contributed by atoms with Crippen LogP contribution in [-0.2, 0) is 9.47 Å². The lowest BCUT2D eigenvalue weighted by molar-refractivity contribution is -0.0699. The van der Waals surface area contributed by atoms with E-state index in [9.17, 15) is 0 Å². The van der Waals surface area contributed by atoms with Gasteiger partial charge in [0.15, 0.2) is 0 Å². The fourth-order valence-electron chi connectivity index (χ4n) is 1.12. The van der Waals surface area contributed by atoms with Crippen molar-refractivity contribution >= 4 is 0 Å². The second-order valence-corrected chi connectivity index (χ2v) is 2.81. The lowest BCUT2D eigenvalue weighted by Crippen LogP contribution is -2.39. The standard InChI is InChI=1S/C9H13O2/c1-3-9(5-4-6-9)11-8-7-10-2/h4-8H2,2H3. The number of methoxy groups -OCH3 is 1. The third-order valence-corrected chi connectivity index (χ3v) is 2.05. The van der Waals surface area contributed by atoms with Gasteiger partial charge in [0, 0.05) is 7.11 Å². The van der Waals surface area contributed by atoms with Crippen molar-refractivity contribution in [2.24, 2.45) is 0 Å². The number of hydrogen-bond donors (Lipinski definition) is 0. The van der Waals surface area contributed by atoms with E-state index in [1.54, 1.807) is 7.11 Å². The van der Waals surface area contributed by atoms with Gasteiger partial charge in [0.25, 0.3) is 0 Å². The first-order chi connectivity index (χ1) is 5.33. The van der Waals surface area contributed by atoms with E-state index in [1.807, 2.05) is 0 Å². The Morgan fingerprint density at radius 2 is 2.18 bits per heavy atom. The van der Waals surface area contributed by atoms with Gasteiger partial charge in [-0.1, -0.05) is 5.92 Å². The quantitative estimate of drug-likeness (QED) is 0.445. The molecule has 1 aliphatic rings. The molecule has 0 aromatic heterocycles. The molecule has 0 aromatic carbocycles. The maximum atomic E-state index is 7.03. The van der Waals surface area contributed by atoms with Crippen LogP contribution in [0.3, 0.4) is 0 Å². The summed E-state index contributed by atoms with van der Waals surface area (Å²) in [6, 6.07) is 0. The molecule has 1 fully saturated rings. The first kappa shape index (κ1) is 8.58. The molecule has 0 aromatic rings. The Morgan fingerprint density at radius 3 is 2.55 bits per heavy atom. The van der Waals surface area contributed by atoms with Gasteiger partial charge >= 0.3 is 0 Å². The van der Waals surface area contributed by atoms with Crippen molar-refractivity contribution < 1.29 is 9.47 Å². The van der Waals surface area contributed by atoms with E-state index < -0.39 is 0 Å². The summed E-state index contributed by atoms with van der Waals surface area (Å²) in [6.07, 6.45) is 10.1. The van der Waals surface area contributed by atoms with E-state index >= 15 is 0 Å². The molecule has 0 spiro atoms. The van der Waals surface area contributed by atoms with Crippen molar-refractivity contribution in [3.8, 4) is 5.92 Å². The van der Waals surface area contributed by atoms with Gasteiger partial charge in [-0.3, -0.25) is 0 Å². The third-order valence-electron chi connectivity index (χ3n) is 2.05. The van der Waals surface area contributed by atoms with Crippen LogP contribution in [0.2, 0.25) is 0 Å². The summed E-state index contributed by atoms with van der Waals surface area (Å²) in [6.45, 7) is 1.17. The largest absolute Gasteiger partial charge is 0.382 e. The summed E-state index contributed by atoms with van der Waals surface area (Å²) in [4.78, 5) is 0. The van der Waals surface area contributed by atoms with Gasteiger partial charge in [0.1, 0.15) is 5.60 Å². The summed E-state index contributed by atoms with van der Waals surface area (Å²) in [5.74, 6) is 2.45. The van der Waals surface area contributed by atoms with Crippen LogP contribution in [0.15, 0.2) is 0 Å². The van der Waals surface area contributed by atoms with Crippen LogP contribution in [-0.4, -0.2) is 25.9 Å². The second-order valence-electron chi connectivity index (χ2n) is 2.81. The molecule has 61 valence electrons. The van der Waals surface area contributed by atoms with Crippen molar-refractivity contribution in [2.75, 3.05) is 20.3 Å². The molecule has 1 rings (SSSR count). The van der Waals surface area contributed by atoms with Crippen LogP contribution >= 0.6 is 0 Å². The number of rotatable bonds is 4. The highest BCUT2D eigenvalue weighted by Gasteiger charge is 2.35. The molecular weight excluding hydrogens is 140 g/mol. The van der Waals surface area contributed by atoms with Gasteiger partial charge in [-0.05, 0) is 25.7 Å². The Hall–Kier alpha value is -0.520. The molecular formula is C9H13O2. The predicted molar refractivity (Wildman–Crippen MR) is 41.5 cm³/mol. The van der Waals surface area contributed by atoms with Crippen molar-refractivity contribution in [2.45, 2.75) is 24.9 Å². The first-order valence-corrected chi connectivity index (χ1v) is 3.90. The molecule has 0 atom stereocenters. The van der Waals surface area contributed by atoms with Crippen LogP contribution in [0.4, 0.5) is 0 Å². The molecule has 2 nitrogen and oxygen atoms in total. The summed E-state index contributed by atoms with van der Waals surface area (Å²) in [5, 5.41) is 0. The highest BCUT2D eigenvalue weighted by atomic mass is 16.5. The van der Waals surface area contributed by atoms with Crippen LogP contribution in [0, 0.1) is 12.3 Å². The average Bonchev–Trinajstić information content (AvgIpc) is 1.95. The zero-order valence-electron chi connectivity index (χ0n) is 6.85. The molecule has 0 amide bonds. The molecule has 1 aliphatic carbocycles. The summed E-state index contributed by atoms with van der Waals surface area (Å²) in [7, 11) is 1.64. The van der Waals surface area contributed by atoms with Crippen molar-refractivity contribution in [3.05, 3.63) is 6.42 Å².